The number of nitrogens with zero attached hydrogens (tertiary/aromatic N) is 3. The molecule has 1 unspecified atom stereocenters. The molecule has 0 amide bonds. The van der Waals surface area contributed by atoms with Crippen molar-refractivity contribution >= 4 is 54.3 Å². The van der Waals surface area contributed by atoms with Crippen LogP contribution < -0.4 is 11.3 Å². The summed E-state index contributed by atoms with van der Waals surface area (Å²) in [4.78, 5) is 23.1. The molecule has 5 rings (SSSR count). The van der Waals surface area contributed by atoms with Crippen LogP contribution in [-0.2, 0) is 30.0 Å². The van der Waals surface area contributed by atoms with E-state index in [0.29, 0.717) is 5.92 Å². The first-order valence-corrected chi connectivity index (χ1v) is 20.9. The molecule has 0 spiro atoms. The molecule has 0 bridgehead atoms. The third-order valence-electron chi connectivity index (χ3n) is 9.07. The molecule has 8 atom stereocenters. The molecule has 4 heterocycles. The Morgan fingerprint density at radius 1 is 1.46 bits per heavy atom. The third kappa shape index (κ3) is 5.87. The molecule has 1 aliphatic carbocycles. The molecule has 3 N–H and O–H groups in total. The van der Waals surface area contributed by atoms with Crippen LogP contribution in [0.3, 0.4) is 0 Å². The van der Waals surface area contributed by atoms with Gasteiger partial charge in [0.1, 0.15) is 12.2 Å². The van der Waals surface area contributed by atoms with Crippen molar-refractivity contribution in [1.82, 2.24) is 19.5 Å². The molecule has 228 valence electrons. The first kappa shape index (κ1) is 31.3. The number of aromatic nitrogens is 4. The Bertz CT molecular complexity index is 1450. The average Bonchev–Trinajstić information content (AvgIpc) is 3.48. The number of imidazole rings is 1. The van der Waals surface area contributed by atoms with Gasteiger partial charge in [-0.25, -0.2) is 9.37 Å². The number of fused-ring (bicyclic) bond motifs is 2. The summed E-state index contributed by atoms with van der Waals surface area (Å²) >= 11 is 7.59. The summed E-state index contributed by atoms with van der Waals surface area (Å²) in [6, 6.07) is 0. The zero-order valence-electron chi connectivity index (χ0n) is 24.7. The summed E-state index contributed by atoms with van der Waals surface area (Å²) in [7, 11) is -2.43. The van der Waals surface area contributed by atoms with Crippen LogP contribution in [0, 0.1) is 5.92 Å². The van der Waals surface area contributed by atoms with Gasteiger partial charge in [0.25, 0.3) is 5.56 Å². The van der Waals surface area contributed by atoms with Gasteiger partial charge in [0.2, 0.25) is 11.6 Å². The smallest absolute Gasteiger partial charge is 0.280 e. The number of alkyl halides is 1. The van der Waals surface area contributed by atoms with Crippen molar-refractivity contribution in [3.63, 3.8) is 0 Å². The van der Waals surface area contributed by atoms with Gasteiger partial charge in [-0.3, -0.25) is 14.3 Å². The van der Waals surface area contributed by atoms with Gasteiger partial charge >= 0.3 is 0 Å². The molecule has 2 saturated heterocycles. The SMILES string of the molecule is C=C(C)[C@H]1CC[C@@]2(C)SP(=S)(OC[C@H]3O[C@@H](n4cnc5c(=O)[nH]c(N)nc54)[C@H](F)[C@@H]3O[Si](C)(C)C(C)(C)C)O[C@@H]2C1. The van der Waals surface area contributed by atoms with Crippen molar-refractivity contribution in [3.8, 4) is 0 Å². The van der Waals surface area contributed by atoms with E-state index >= 15 is 4.39 Å². The predicted molar refractivity (Wildman–Crippen MR) is 167 cm³/mol. The van der Waals surface area contributed by atoms with Crippen LogP contribution >= 0.6 is 17.1 Å². The topological polar surface area (TPSA) is 127 Å². The second-order valence-corrected chi connectivity index (χ2v) is 24.5. The Labute approximate surface area is 250 Å². The maximum Gasteiger partial charge on any atom is 0.280 e. The van der Waals surface area contributed by atoms with Crippen molar-refractivity contribution in [1.29, 1.82) is 0 Å². The molecule has 0 radical (unpaired) electrons. The molecule has 0 aromatic carbocycles. The van der Waals surface area contributed by atoms with Crippen LogP contribution in [0.2, 0.25) is 18.1 Å². The summed E-state index contributed by atoms with van der Waals surface area (Å²) in [5.41, 5.74) is 3.89. The lowest BCUT2D eigenvalue weighted by molar-refractivity contribution is -0.0405. The maximum absolute atomic E-state index is 16.4. The van der Waals surface area contributed by atoms with Crippen LogP contribution in [0.25, 0.3) is 11.2 Å². The van der Waals surface area contributed by atoms with E-state index in [-0.39, 0.29) is 39.6 Å². The molecule has 3 fully saturated rings. The number of halogens is 1. The monoisotopic (exact) mass is 645 g/mol. The van der Waals surface area contributed by atoms with E-state index in [1.54, 1.807) is 11.4 Å². The Morgan fingerprint density at radius 3 is 2.83 bits per heavy atom. The summed E-state index contributed by atoms with van der Waals surface area (Å²) in [6.07, 6.45) is -0.237. The van der Waals surface area contributed by atoms with E-state index in [1.807, 2.05) is 0 Å². The number of ether oxygens (including phenoxy) is 1. The van der Waals surface area contributed by atoms with Crippen LogP contribution in [0.5, 0.6) is 0 Å². The summed E-state index contributed by atoms with van der Waals surface area (Å²) in [5.74, 6) is 0.312. The van der Waals surface area contributed by atoms with Gasteiger partial charge in [0, 0.05) is 4.75 Å². The number of hydrogen-bond donors (Lipinski definition) is 2. The fourth-order valence-electron chi connectivity index (χ4n) is 5.45. The Morgan fingerprint density at radius 2 is 2.17 bits per heavy atom. The maximum atomic E-state index is 16.4. The molecule has 2 aliphatic heterocycles. The van der Waals surface area contributed by atoms with Crippen molar-refractivity contribution in [3.05, 3.63) is 28.8 Å². The highest BCUT2D eigenvalue weighted by atomic mass is 32.9. The average molecular weight is 646 g/mol. The number of hydrogen-bond acceptors (Lipinski definition) is 10. The largest absolute Gasteiger partial charge is 0.408 e. The van der Waals surface area contributed by atoms with Gasteiger partial charge in [0.15, 0.2) is 31.9 Å². The highest BCUT2D eigenvalue weighted by Gasteiger charge is 2.55. The van der Waals surface area contributed by atoms with Crippen LogP contribution in [0.15, 0.2) is 23.3 Å². The van der Waals surface area contributed by atoms with Crippen molar-refractivity contribution in [2.45, 2.75) is 107 Å². The summed E-state index contributed by atoms with van der Waals surface area (Å²) in [6.45, 7) is 18.9. The first-order chi connectivity index (χ1) is 18.9. The van der Waals surface area contributed by atoms with Crippen molar-refractivity contribution in [2.75, 3.05) is 12.3 Å². The molecular weight excluding hydrogens is 605 g/mol. The third-order valence-corrected chi connectivity index (χ3v) is 19.4. The normalized spacial score (nSPS) is 36.1. The van der Waals surface area contributed by atoms with E-state index in [9.17, 15) is 4.79 Å². The highest BCUT2D eigenvalue weighted by molar-refractivity contribution is 8.68. The molecule has 15 heteroatoms. The number of nitrogens with one attached hydrogen (secondary N) is 1. The van der Waals surface area contributed by atoms with E-state index in [0.717, 1.165) is 24.8 Å². The number of nitrogen functional groups attached to an aromatic ring is 1. The number of H-pyrrole nitrogens is 1. The Hall–Kier alpha value is -1.12. The van der Waals surface area contributed by atoms with E-state index in [1.165, 1.54) is 10.9 Å². The van der Waals surface area contributed by atoms with Crippen molar-refractivity contribution in [2.24, 2.45) is 5.92 Å². The first-order valence-electron chi connectivity index (χ1n) is 13.9. The number of allylic oxidation sites excluding steroid dienone is 1. The van der Waals surface area contributed by atoms with Gasteiger partial charge in [-0.05, 0) is 69.0 Å². The predicted octanol–water partition coefficient (Wildman–Crippen LogP) is 5.84. The molecule has 10 nitrogen and oxygen atoms in total. The Kier molecular flexibility index (Phi) is 8.24. The minimum atomic E-state index is -2.73. The summed E-state index contributed by atoms with van der Waals surface area (Å²) < 4.78 is 43.4. The minimum Gasteiger partial charge on any atom is -0.408 e. The quantitative estimate of drug-likeness (QED) is 0.216. The Balaban J connectivity index is 1.40. The molecule has 41 heavy (non-hydrogen) atoms. The zero-order valence-corrected chi connectivity index (χ0v) is 28.2. The molecular formula is C26H41FN5O5PS2Si. The molecule has 2 aromatic heterocycles. The van der Waals surface area contributed by atoms with Crippen LogP contribution in [0.4, 0.5) is 10.3 Å². The molecule has 2 aromatic rings. The standard InChI is InChI=1S/C26H41FN5O5PS2Si/c1-14(2)15-9-10-26(6)17(11-15)36-38(39,40-26)34-12-16-20(37-41(7,8)25(3,4)5)18(27)23(35-16)32-13-29-19-21(32)30-24(28)31-22(19)33/h13,15-18,20,23H,1,9-12H2,2-8H3,(H3,28,30,31,33)/t15-,16+,17+,18+,20+,23+,26+,38?/m0/s1. The number of anilines is 1. The van der Waals surface area contributed by atoms with Gasteiger partial charge in [-0.15, -0.1) is 0 Å². The summed E-state index contributed by atoms with van der Waals surface area (Å²) in [5, 5.41) is -0.165. The van der Waals surface area contributed by atoms with Crippen LogP contribution in [0.1, 0.15) is 60.1 Å². The minimum absolute atomic E-state index is 0.00990. The lowest BCUT2D eigenvalue weighted by atomic mass is 9.77. The van der Waals surface area contributed by atoms with Gasteiger partial charge in [0.05, 0.1) is 19.0 Å². The lowest BCUT2D eigenvalue weighted by Crippen LogP contribution is -2.49. The van der Waals surface area contributed by atoms with Gasteiger partial charge in [-0.2, -0.15) is 4.98 Å². The van der Waals surface area contributed by atoms with Crippen molar-refractivity contribution < 1.29 is 22.6 Å². The fraction of sp³-hybridized carbons (Fsp3) is 0.731. The lowest BCUT2D eigenvalue weighted by Gasteiger charge is -2.39. The number of rotatable bonds is 7. The van der Waals surface area contributed by atoms with Crippen LogP contribution in [-0.4, -0.2) is 63.7 Å². The zero-order chi connectivity index (χ0) is 30.1. The van der Waals surface area contributed by atoms with Gasteiger partial charge < -0.3 is 23.9 Å². The van der Waals surface area contributed by atoms with E-state index in [2.05, 4.69) is 69.2 Å². The molecule has 1 saturated carbocycles. The fourth-order valence-corrected chi connectivity index (χ4v) is 13.9. The second-order valence-electron chi connectivity index (χ2n) is 13.2. The highest BCUT2D eigenvalue weighted by Crippen LogP contribution is 2.75. The van der Waals surface area contributed by atoms with E-state index in [4.69, 9.17) is 35.8 Å². The number of nitrogens with two attached hydrogens (primary N) is 1. The van der Waals surface area contributed by atoms with E-state index < -0.39 is 44.2 Å². The van der Waals surface area contributed by atoms with Gasteiger partial charge in [-0.1, -0.05) is 44.3 Å². The second kappa shape index (κ2) is 10.8. The number of aromatic amines is 1. The molecule has 3 aliphatic rings.